The van der Waals surface area contributed by atoms with Gasteiger partial charge in [0.2, 0.25) is 0 Å². The van der Waals surface area contributed by atoms with Crippen LogP contribution in [0.4, 0.5) is 0 Å². The zero-order valence-corrected chi connectivity index (χ0v) is 43.9. The van der Waals surface area contributed by atoms with E-state index in [2.05, 4.69) is 13.8 Å². The molecule has 0 radical (unpaired) electrons. The maximum atomic E-state index is 13.4. The second-order valence-corrected chi connectivity index (χ2v) is 20.9. The number of phosphoric ester groups is 1. The number of unbranched alkanes of at least 4 members (excludes halogenated alkanes) is 26. The number of allylic oxidation sites excluding steroid dienone is 3. The monoisotopic (exact) mass is 1040 g/mol. The van der Waals surface area contributed by atoms with Crippen molar-refractivity contribution in [2.24, 2.45) is 0 Å². The molecule has 1 heterocycles. The molecule has 2 fully saturated rings. The summed E-state index contributed by atoms with van der Waals surface area (Å²) in [6, 6.07) is 0. The highest BCUT2D eigenvalue weighted by Gasteiger charge is 2.55. The fourth-order valence-electron chi connectivity index (χ4n) is 8.79. The number of esters is 2. The highest BCUT2D eigenvalue weighted by molar-refractivity contribution is 7.47. The maximum absolute atomic E-state index is 13.4. The van der Waals surface area contributed by atoms with Crippen LogP contribution in [0, 0.1) is 0 Å². The Hall–Kier alpha value is -1.87. The van der Waals surface area contributed by atoms with Crippen LogP contribution in [-0.2, 0) is 42.1 Å². The van der Waals surface area contributed by atoms with Gasteiger partial charge < -0.3 is 64.7 Å². The summed E-state index contributed by atoms with van der Waals surface area (Å²) in [4.78, 5) is 36.5. The predicted molar refractivity (Wildman–Crippen MR) is 268 cm³/mol. The van der Waals surface area contributed by atoms with Gasteiger partial charge >= 0.3 is 19.8 Å². The van der Waals surface area contributed by atoms with Gasteiger partial charge in [0.25, 0.3) is 0 Å². The summed E-state index contributed by atoms with van der Waals surface area (Å²) in [5.41, 5.74) is 0. The molecule has 1 aliphatic heterocycles. The fourth-order valence-corrected chi connectivity index (χ4v) is 9.76. The second kappa shape index (κ2) is 39.5. The standard InChI is InChI=1S/C52H95O18P/c1-3-5-7-9-11-13-15-17-19-21-23-25-27-29-31-33-35-42(55)67-39(37-65-41(54)34-32-30-28-26-24-22-20-18-16-14-12-10-8-6-4-2)38-66-71(63,64)70-51-48(61)46(59)45(58)47(60)50(51)69-52-49(62)44(57)43(56)40(36-53)68-52/h28,30,32,34,39-40,43-53,56-62H,3-27,29,31,33,35-38H2,1-2H3,(H,63,64). The van der Waals surface area contributed by atoms with E-state index < -0.39 is 113 Å². The molecule has 9 N–H and O–H groups in total. The minimum Gasteiger partial charge on any atom is -0.458 e. The first kappa shape index (κ1) is 65.2. The molecule has 0 spiro atoms. The van der Waals surface area contributed by atoms with Gasteiger partial charge in [-0.25, -0.2) is 9.36 Å². The van der Waals surface area contributed by atoms with Crippen molar-refractivity contribution in [1.29, 1.82) is 0 Å². The highest BCUT2D eigenvalue weighted by atomic mass is 31.2. The third-order valence-electron chi connectivity index (χ3n) is 13.3. The number of aliphatic hydroxyl groups is 8. The number of rotatable bonds is 42. The summed E-state index contributed by atoms with van der Waals surface area (Å²) in [5, 5.41) is 83.0. The van der Waals surface area contributed by atoms with Crippen LogP contribution in [0.15, 0.2) is 24.3 Å². The molecule has 0 amide bonds. The molecule has 1 aliphatic carbocycles. The lowest BCUT2D eigenvalue weighted by atomic mass is 9.84. The van der Waals surface area contributed by atoms with Gasteiger partial charge in [0.1, 0.15) is 67.6 Å². The van der Waals surface area contributed by atoms with Crippen molar-refractivity contribution in [2.45, 2.75) is 273 Å². The van der Waals surface area contributed by atoms with Gasteiger partial charge in [0, 0.05) is 12.5 Å². The molecule has 0 bridgehead atoms. The van der Waals surface area contributed by atoms with Crippen LogP contribution in [0.5, 0.6) is 0 Å². The van der Waals surface area contributed by atoms with Crippen LogP contribution < -0.4 is 0 Å². The maximum Gasteiger partial charge on any atom is 0.472 e. The van der Waals surface area contributed by atoms with Crippen LogP contribution in [0.1, 0.15) is 200 Å². The minimum atomic E-state index is -5.39. The van der Waals surface area contributed by atoms with Gasteiger partial charge in [-0.3, -0.25) is 13.8 Å². The Labute approximate surface area is 424 Å². The largest absolute Gasteiger partial charge is 0.472 e. The van der Waals surface area contributed by atoms with E-state index in [0.29, 0.717) is 6.42 Å². The van der Waals surface area contributed by atoms with Crippen molar-refractivity contribution in [3.8, 4) is 0 Å². The summed E-state index contributed by atoms with van der Waals surface area (Å²) in [5.74, 6) is -1.46. The number of aliphatic hydroxyl groups excluding tert-OH is 8. The molecule has 416 valence electrons. The Kier molecular flexibility index (Phi) is 36.3. The fraction of sp³-hybridized carbons (Fsp3) is 0.885. The number of phosphoric acid groups is 1. The van der Waals surface area contributed by atoms with E-state index in [1.807, 2.05) is 6.08 Å². The molecule has 0 aromatic heterocycles. The Morgan fingerprint density at radius 2 is 1.01 bits per heavy atom. The Morgan fingerprint density at radius 1 is 0.563 bits per heavy atom. The number of carbonyl (C=O) groups is 2. The molecule has 0 aromatic carbocycles. The first-order valence-electron chi connectivity index (χ1n) is 27.2. The van der Waals surface area contributed by atoms with Gasteiger partial charge in [-0.2, -0.15) is 0 Å². The summed E-state index contributed by atoms with van der Waals surface area (Å²) < 4.78 is 45.3. The predicted octanol–water partition coefficient (Wildman–Crippen LogP) is 7.05. The number of carbonyl (C=O) groups excluding carboxylic acids is 2. The van der Waals surface area contributed by atoms with Gasteiger partial charge in [-0.15, -0.1) is 0 Å². The van der Waals surface area contributed by atoms with Gasteiger partial charge in [-0.05, 0) is 19.3 Å². The van der Waals surface area contributed by atoms with Gasteiger partial charge in [0.15, 0.2) is 12.4 Å². The zero-order chi connectivity index (χ0) is 52.3. The van der Waals surface area contributed by atoms with E-state index in [1.165, 1.54) is 141 Å². The van der Waals surface area contributed by atoms with Crippen molar-refractivity contribution in [3.05, 3.63) is 24.3 Å². The van der Waals surface area contributed by atoms with Crippen molar-refractivity contribution in [2.75, 3.05) is 19.8 Å². The van der Waals surface area contributed by atoms with Crippen LogP contribution in [0.2, 0.25) is 0 Å². The Balaban J connectivity index is 1.94. The number of ether oxygens (including phenoxy) is 4. The first-order valence-corrected chi connectivity index (χ1v) is 28.7. The lowest BCUT2D eigenvalue weighted by Crippen LogP contribution is -2.67. The lowest BCUT2D eigenvalue weighted by Gasteiger charge is -2.47. The summed E-state index contributed by atoms with van der Waals surface area (Å²) in [7, 11) is -5.39. The van der Waals surface area contributed by atoms with E-state index in [1.54, 1.807) is 6.08 Å². The highest BCUT2D eigenvalue weighted by Crippen LogP contribution is 2.48. The molecule has 2 rings (SSSR count). The van der Waals surface area contributed by atoms with E-state index in [4.69, 9.17) is 28.0 Å². The summed E-state index contributed by atoms with van der Waals surface area (Å²) in [6.07, 6.45) is 16.0. The van der Waals surface area contributed by atoms with Crippen molar-refractivity contribution < 1.29 is 87.9 Å². The molecular weight excluding hydrogens is 944 g/mol. The third kappa shape index (κ3) is 28.0. The first-order chi connectivity index (χ1) is 34.2. The van der Waals surface area contributed by atoms with E-state index >= 15 is 0 Å². The zero-order valence-electron chi connectivity index (χ0n) is 43.0. The number of hydrogen-bond acceptors (Lipinski definition) is 17. The molecule has 71 heavy (non-hydrogen) atoms. The van der Waals surface area contributed by atoms with Gasteiger partial charge in [0.05, 0.1) is 13.2 Å². The Morgan fingerprint density at radius 3 is 1.51 bits per heavy atom. The smallest absolute Gasteiger partial charge is 0.458 e. The number of hydrogen-bond donors (Lipinski definition) is 9. The molecule has 13 atom stereocenters. The summed E-state index contributed by atoms with van der Waals surface area (Å²) >= 11 is 0. The molecule has 1 saturated heterocycles. The second-order valence-electron chi connectivity index (χ2n) is 19.5. The molecule has 13 unspecified atom stereocenters. The summed E-state index contributed by atoms with van der Waals surface area (Å²) in [6.45, 7) is 2.14. The SMILES string of the molecule is CCCCCCCCCCCCCC=CC=CC(=O)OCC(COP(=O)(O)OC1C(O)C(O)C(O)C(O)C1OC1OC(CO)C(O)C(O)C1O)OC(=O)CCCCCCCCCCCCCCCCCC. The molecular formula is C52H95O18P. The molecule has 19 heteroatoms. The van der Waals surface area contributed by atoms with Crippen LogP contribution >= 0.6 is 7.82 Å². The van der Waals surface area contributed by atoms with Crippen molar-refractivity contribution in [3.63, 3.8) is 0 Å². The molecule has 18 nitrogen and oxygen atoms in total. The average Bonchev–Trinajstić information content (AvgIpc) is 3.35. The topological polar surface area (TPSA) is 289 Å². The quantitative estimate of drug-likeness (QED) is 0.00973. The third-order valence-corrected chi connectivity index (χ3v) is 14.2. The molecule has 2 aliphatic rings. The normalized spacial score (nSPS) is 27.3. The average molecular weight is 1040 g/mol. The minimum absolute atomic E-state index is 0.0172. The van der Waals surface area contributed by atoms with Crippen molar-refractivity contribution >= 4 is 19.8 Å². The van der Waals surface area contributed by atoms with Crippen molar-refractivity contribution in [1.82, 2.24) is 0 Å². The molecule has 0 aromatic rings. The van der Waals surface area contributed by atoms with Gasteiger partial charge in [-0.1, -0.05) is 193 Å². The lowest BCUT2D eigenvalue weighted by molar-refractivity contribution is -0.338. The van der Waals surface area contributed by atoms with E-state index in [-0.39, 0.29) is 6.42 Å². The van der Waals surface area contributed by atoms with E-state index in [0.717, 1.165) is 44.9 Å². The Bertz CT molecular complexity index is 1470. The van der Waals surface area contributed by atoms with Crippen LogP contribution in [0.25, 0.3) is 0 Å². The van der Waals surface area contributed by atoms with E-state index in [9.17, 15) is 59.9 Å². The van der Waals surface area contributed by atoms with Crippen LogP contribution in [-0.4, -0.2) is 151 Å². The molecule has 1 saturated carbocycles. The van der Waals surface area contributed by atoms with Crippen LogP contribution in [0.3, 0.4) is 0 Å².